The van der Waals surface area contributed by atoms with Crippen molar-refractivity contribution in [2.75, 3.05) is 10.0 Å². The molecule has 0 aliphatic carbocycles. The van der Waals surface area contributed by atoms with Crippen molar-refractivity contribution in [3.05, 3.63) is 111 Å². The maximum Gasteiger partial charge on any atom is 0.261 e. The van der Waals surface area contributed by atoms with Gasteiger partial charge >= 0.3 is 0 Å². The lowest BCUT2D eigenvalue weighted by Crippen LogP contribution is -2.19. The maximum absolute atomic E-state index is 13.7. The van der Waals surface area contributed by atoms with E-state index in [0.717, 1.165) is 12.1 Å². The Bertz CT molecular complexity index is 1600. The molecule has 0 unspecified atom stereocenters. The van der Waals surface area contributed by atoms with Gasteiger partial charge in [0.25, 0.3) is 15.9 Å². The van der Waals surface area contributed by atoms with E-state index in [1.165, 1.54) is 42.5 Å². The lowest BCUT2D eigenvalue weighted by molar-refractivity contribution is 0.102. The van der Waals surface area contributed by atoms with E-state index in [-0.39, 0.29) is 31.3 Å². The van der Waals surface area contributed by atoms with E-state index in [9.17, 15) is 22.0 Å². The highest BCUT2D eigenvalue weighted by atomic mass is 79.9. The first-order valence-corrected chi connectivity index (χ1v) is 13.4. The van der Waals surface area contributed by atoms with Crippen LogP contribution in [0.1, 0.15) is 10.4 Å². The number of halogens is 5. The summed E-state index contributed by atoms with van der Waals surface area (Å²) < 4.78 is 61.3. The van der Waals surface area contributed by atoms with E-state index in [1.807, 2.05) is 0 Å². The summed E-state index contributed by atoms with van der Waals surface area (Å²) in [6, 6.07) is 18.0. The van der Waals surface area contributed by atoms with Crippen LogP contribution in [0.4, 0.5) is 20.2 Å². The van der Waals surface area contributed by atoms with Crippen molar-refractivity contribution in [2.45, 2.75) is 4.90 Å². The molecule has 1 amide bonds. The third-order valence-electron chi connectivity index (χ3n) is 4.93. The lowest BCUT2D eigenvalue weighted by Gasteiger charge is -2.14. The minimum atomic E-state index is -4.15. The summed E-state index contributed by atoms with van der Waals surface area (Å²) in [5, 5.41) is 2.95. The van der Waals surface area contributed by atoms with Crippen LogP contribution in [-0.2, 0) is 10.0 Å². The highest BCUT2D eigenvalue weighted by Crippen LogP contribution is 2.31. The number of sulfonamides is 1. The molecular weight excluding hydrogens is 613 g/mol. The summed E-state index contributed by atoms with van der Waals surface area (Å²) in [6.07, 6.45) is 0. The van der Waals surface area contributed by atoms with Gasteiger partial charge in [-0.1, -0.05) is 35.3 Å². The van der Waals surface area contributed by atoms with Crippen LogP contribution in [0.5, 0.6) is 11.5 Å². The molecule has 0 bridgehead atoms. The van der Waals surface area contributed by atoms with Crippen LogP contribution in [0.15, 0.2) is 88.2 Å². The Labute approximate surface area is 229 Å². The molecule has 0 fully saturated rings. The zero-order chi connectivity index (χ0) is 26.7. The van der Waals surface area contributed by atoms with Gasteiger partial charge in [-0.05, 0) is 76.6 Å². The topological polar surface area (TPSA) is 84.5 Å². The second kappa shape index (κ2) is 11.1. The van der Waals surface area contributed by atoms with Gasteiger partial charge in [-0.25, -0.2) is 17.2 Å². The van der Waals surface area contributed by atoms with Crippen molar-refractivity contribution in [1.82, 2.24) is 0 Å². The number of ether oxygens (including phenoxy) is 1. The molecule has 0 heterocycles. The van der Waals surface area contributed by atoms with E-state index in [1.54, 1.807) is 24.3 Å². The molecule has 0 aliphatic rings. The van der Waals surface area contributed by atoms with Crippen molar-refractivity contribution < 1.29 is 26.7 Å². The zero-order valence-corrected chi connectivity index (χ0v) is 22.4. The fourth-order valence-electron chi connectivity index (χ4n) is 3.15. The second-order valence-corrected chi connectivity index (χ2v) is 10.9. The van der Waals surface area contributed by atoms with Crippen molar-refractivity contribution in [3.63, 3.8) is 0 Å². The monoisotopic (exact) mass is 626 g/mol. The molecule has 0 saturated carbocycles. The molecule has 4 rings (SSSR count). The normalized spacial score (nSPS) is 11.2. The van der Waals surface area contributed by atoms with Crippen molar-refractivity contribution in [1.29, 1.82) is 0 Å². The third kappa shape index (κ3) is 6.40. The predicted octanol–water partition coefficient (Wildman–Crippen LogP) is 7.88. The van der Waals surface area contributed by atoms with Gasteiger partial charge in [0.05, 0.1) is 26.9 Å². The largest absolute Gasteiger partial charge is 0.456 e. The molecule has 4 aromatic rings. The number of amides is 1. The van der Waals surface area contributed by atoms with E-state index < -0.39 is 27.6 Å². The molecule has 37 heavy (non-hydrogen) atoms. The highest BCUT2D eigenvalue weighted by molar-refractivity contribution is 9.10. The molecule has 0 aliphatic heterocycles. The van der Waals surface area contributed by atoms with Gasteiger partial charge in [0.15, 0.2) is 11.6 Å². The first-order chi connectivity index (χ1) is 17.5. The Hall–Kier alpha value is -3.18. The summed E-state index contributed by atoms with van der Waals surface area (Å²) in [7, 11) is -4.15. The van der Waals surface area contributed by atoms with Gasteiger partial charge in [-0.3, -0.25) is 9.52 Å². The number of carbonyl (C=O) groups is 1. The standard InChI is InChI=1S/C25H15BrCl2F2N2O4S/c26-18-12-20(29)21(30)13-23(18)31-25(33)17-11-14(27)5-10-22(17)32-37(34,35)16-8-6-15(7-9-16)36-24-4-2-1-3-19(24)28/h1-13,32H,(H,31,33). The van der Waals surface area contributed by atoms with Crippen LogP contribution in [0.25, 0.3) is 0 Å². The van der Waals surface area contributed by atoms with Gasteiger partial charge in [0.1, 0.15) is 11.5 Å². The first-order valence-electron chi connectivity index (χ1n) is 10.3. The van der Waals surface area contributed by atoms with Crippen LogP contribution >= 0.6 is 39.1 Å². The van der Waals surface area contributed by atoms with Crippen molar-refractivity contribution >= 4 is 66.4 Å². The van der Waals surface area contributed by atoms with Crippen LogP contribution < -0.4 is 14.8 Å². The van der Waals surface area contributed by atoms with E-state index in [0.29, 0.717) is 16.5 Å². The number of benzene rings is 4. The summed E-state index contributed by atoms with van der Waals surface area (Å²) >= 11 is 15.2. The molecule has 6 nitrogen and oxygen atoms in total. The highest BCUT2D eigenvalue weighted by Gasteiger charge is 2.21. The minimum Gasteiger partial charge on any atom is -0.456 e. The molecule has 0 atom stereocenters. The Morgan fingerprint density at radius 1 is 0.865 bits per heavy atom. The fraction of sp³-hybridized carbons (Fsp3) is 0. The van der Waals surface area contributed by atoms with E-state index in [4.69, 9.17) is 27.9 Å². The number of nitrogens with one attached hydrogen (secondary N) is 2. The average Bonchev–Trinajstić information content (AvgIpc) is 2.85. The number of carbonyl (C=O) groups excluding carboxylic acids is 1. The smallest absolute Gasteiger partial charge is 0.261 e. The summed E-state index contributed by atoms with van der Waals surface area (Å²) in [4.78, 5) is 12.8. The van der Waals surface area contributed by atoms with Gasteiger partial charge in [0.2, 0.25) is 0 Å². The number of para-hydroxylation sites is 1. The quantitative estimate of drug-likeness (QED) is 0.204. The summed E-state index contributed by atoms with van der Waals surface area (Å²) in [5.41, 5.74) is -0.296. The van der Waals surface area contributed by atoms with Crippen LogP contribution in [-0.4, -0.2) is 14.3 Å². The third-order valence-corrected chi connectivity index (χ3v) is 7.51. The van der Waals surface area contributed by atoms with Crippen molar-refractivity contribution in [2.24, 2.45) is 0 Å². The van der Waals surface area contributed by atoms with Crippen LogP contribution in [0, 0.1) is 11.6 Å². The van der Waals surface area contributed by atoms with E-state index in [2.05, 4.69) is 26.0 Å². The fourth-order valence-corrected chi connectivity index (χ4v) is 4.99. The minimum absolute atomic E-state index is 0.0632. The molecule has 190 valence electrons. The number of rotatable bonds is 7. The number of hydrogen-bond acceptors (Lipinski definition) is 4. The molecule has 0 saturated heterocycles. The second-order valence-electron chi connectivity index (χ2n) is 7.50. The van der Waals surface area contributed by atoms with Crippen LogP contribution in [0.3, 0.4) is 0 Å². The average molecular weight is 628 g/mol. The lowest BCUT2D eigenvalue weighted by atomic mass is 10.1. The number of hydrogen-bond donors (Lipinski definition) is 2. The predicted molar refractivity (Wildman–Crippen MR) is 142 cm³/mol. The van der Waals surface area contributed by atoms with Gasteiger partial charge in [-0.15, -0.1) is 0 Å². The van der Waals surface area contributed by atoms with Gasteiger partial charge in [0, 0.05) is 15.6 Å². The Kier molecular flexibility index (Phi) is 8.03. The molecule has 0 radical (unpaired) electrons. The molecule has 0 aromatic heterocycles. The van der Waals surface area contributed by atoms with Gasteiger partial charge < -0.3 is 10.1 Å². The zero-order valence-electron chi connectivity index (χ0n) is 18.4. The SMILES string of the molecule is O=C(Nc1cc(F)c(F)cc1Br)c1cc(Cl)ccc1NS(=O)(=O)c1ccc(Oc2ccccc2Cl)cc1. The first kappa shape index (κ1) is 26.9. The van der Waals surface area contributed by atoms with Crippen molar-refractivity contribution in [3.8, 4) is 11.5 Å². The maximum atomic E-state index is 13.7. The Morgan fingerprint density at radius 3 is 2.24 bits per heavy atom. The Balaban J connectivity index is 1.57. The Morgan fingerprint density at radius 2 is 1.54 bits per heavy atom. The molecule has 2 N–H and O–H groups in total. The molecule has 0 spiro atoms. The summed E-state index contributed by atoms with van der Waals surface area (Å²) in [5.74, 6) is -2.33. The van der Waals surface area contributed by atoms with Crippen LogP contribution in [0.2, 0.25) is 10.0 Å². The van der Waals surface area contributed by atoms with E-state index >= 15 is 0 Å². The summed E-state index contributed by atoms with van der Waals surface area (Å²) in [6.45, 7) is 0. The number of anilines is 2. The molecular formula is C25H15BrCl2F2N2O4S. The molecule has 12 heteroatoms. The van der Waals surface area contributed by atoms with Gasteiger partial charge in [-0.2, -0.15) is 0 Å². The molecule has 4 aromatic carbocycles.